The predicted octanol–water partition coefficient (Wildman–Crippen LogP) is 2.12. The third kappa shape index (κ3) is 1.95. The smallest absolute Gasteiger partial charge is 0.315 e. The molecule has 0 saturated heterocycles. The minimum atomic E-state index is -1.14. The molecular formula is C13H13NO4. The molecule has 1 amide bonds. The molecule has 1 atom stereocenters. The van der Waals surface area contributed by atoms with Gasteiger partial charge in [0.15, 0.2) is 0 Å². The lowest BCUT2D eigenvalue weighted by molar-refractivity contribution is -0.145. The number of carboxylic acid groups (broad SMARTS) is 1. The van der Waals surface area contributed by atoms with E-state index >= 15 is 0 Å². The van der Waals surface area contributed by atoms with Gasteiger partial charge in [0.2, 0.25) is 5.91 Å². The van der Waals surface area contributed by atoms with Gasteiger partial charge in [-0.15, -0.1) is 0 Å². The molecule has 5 nitrogen and oxygen atoms in total. The second-order valence-corrected chi connectivity index (χ2v) is 4.07. The van der Waals surface area contributed by atoms with Crippen LogP contribution in [0.5, 0.6) is 0 Å². The maximum atomic E-state index is 11.9. The summed E-state index contributed by atoms with van der Waals surface area (Å²) in [6, 6.07) is 7.28. The first-order chi connectivity index (χ1) is 8.52. The number of para-hydroxylation sites is 1. The molecular weight excluding hydrogens is 234 g/mol. The van der Waals surface area contributed by atoms with E-state index in [-0.39, 0.29) is 0 Å². The van der Waals surface area contributed by atoms with Gasteiger partial charge < -0.3 is 14.4 Å². The van der Waals surface area contributed by atoms with E-state index in [9.17, 15) is 9.59 Å². The minimum absolute atomic E-state index is 0.478. The van der Waals surface area contributed by atoms with Gasteiger partial charge in [0.05, 0.1) is 5.69 Å². The third-order valence-electron chi connectivity index (χ3n) is 2.89. The highest BCUT2D eigenvalue weighted by molar-refractivity contribution is 6.08. The topological polar surface area (TPSA) is 70.8 Å². The molecule has 1 aromatic carbocycles. The fraction of sp³-hybridized carbons (Fsp3) is 0.231. The monoisotopic (exact) mass is 247 g/mol. The van der Waals surface area contributed by atoms with Gasteiger partial charge in [0, 0.05) is 12.4 Å². The van der Waals surface area contributed by atoms with E-state index in [4.69, 9.17) is 9.52 Å². The summed E-state index contributed by atoms with van der Waals surface area (Å²) in [5, 5.41) is 9.62. The van der Waals surface area contributed by atoms with Gasteiger partial charge >= 0.3 is 5.97 Å². The number of hydrogen-bond donors (Lipinski definition) is 1. The van der Waals surface area contributed by atoms with Crippen molar-refractivity contribution in [3.8, 4) is 0 Å². The summed E-state index contributed by atoms with van der Waals surface area (Å²) in [7, 11) is 1.54. The van der Waals surface area contributed by atoms with Gasteiger partial charge in [-0.05, 0) is 19.1 Å². The number of anilines is 1. The highest BCUT2D eigenvalue weighted by atomic mass is 16.4. The summed E-state index contributed by atoms with van der Waals surface area (Å²) in [5.74, 6) is -2.70. The van der Waals surface area contributed by atoms with Crippen LogP contribution >= 0.6 is 0 Å². The summed E-state index contributed by atoms with van der Waals surface area (Å²) in [4.78, 5) is 24.0. The summed E-state index contributed by atoms with van der Waals surface area (Å²) in [6.45, 7) is 1.36. The summed E-state index contributed by atoms with van der Waals surface area (Å²) in [5.41, 5.74) is 1.24. The Balaban J connectivity index is 2.37. The molecule has 0 bridgehead atoms. The summed E-state index contributed by atoms with van der Waals surface area (Å²) >= 11 is 0. The average Bonchev–Trinajstić information content (AvgIpc) is 2.79. The van der Waals surface area contributed by atoms with Crippen LogP contribution in [-0.2, 0) is 9.59 Å². The molecule has 0 spiro atoms. The number of benzene rings is 1. The quantitative estimate of drug-likeness (QED) is 0.843. The SMILES string of the molecule is CC(C(=O)O)C(=O)N(C)c1coc2ccccc12. The lowest BCUT2D eigenvalue weighted by Crippen LogP contribution is -2.35. The molecule has 1 aromatic heterocycles. The summed E-state index contributed by atoms with van der Waals surface area (Å²) < 4.78 is 5.32. The maximum absolute atomic E-state index is 11.9. The van der Waals surface area contributed by atoms with Crippen molar-refractivity contribution < 1.29 is 19.1 Å². The van der Waals surface area contributed by atoms with E-state index in [0.29, 0.717) is 11.3 Å². The number of amides is 1. The lowest BCUT2D eigenvalue weighted by atomic mass is 10.1. The number of furan rings is 1. The normalized spacial score (nSPS) is 12.3. The second kappa shape index (κ2) is 4.52. The van der Waals surface area contributed by atoms with E-state index in [1.807, 2.05) is 18.2 Å². The minimum Gasteiger partial charge on any atom is -0.481 e. The van der Waals surface area contributed by atoms with Crippen LogP contribution in [-0.4, -0.2) is 24.0 Å². The number of nitrogens with zero attached hydrogens (tertiary/aromatic N) is 1. The Kier molecular flexibility index (Phi) is 3.06. The van der Waals surface area contributed by atoms with Crippen molar-refractivity contribution in [2.24, 2.45) is 5.92 Å². The first-order valence-electron chi connectivity index (χ1n) is 5.49. The van der Waals surface area contributed by atoms with Crippen LogP contribution in [0.15, 0.2) is 34.9 Å². The van der Waals surface area contributed by atoms with Crippen LogP contribution in [0.4, 0.5) is 5.69 Å². The van der Waals surface area contributed by atoms with Crippen molar-refractivity contribution in [2.45, 2.75) is 6.92 Å². The fourth-order valence-corrected chi connectivity index (χ4v) is 1.74. The van der Waals surface area contributed by atoms with E-state index in [2.05, 4.69) is 0 Å². The van der Waals surface area contributed by atoms with Crippen LogP contribution in [0.25, 0.3) is 11.0 Å². The highest BCUT2D eigenvalue weighted by Gasteiger charge is 2.26. The van der Waals surface area contributed by atoms with Crippen LogP contribution in [0.1, 0.15) is 6.92 Å². The van der Waals surface area contributed by atoms with Crippen LogP contribution in [0, 0.1) is 5.92 Å². The Labute approximate surface area is 104 Å². The van der Waals surface area contributed by atoms with Crippen LogP contribution < -0.4 is 4.90 Å². The first kappa shape index (κ1) is 12.2. The van der Waals surface area contributed by atoms with Crippen molar-refractivity contribution in [2.75, 3.05) is 11.9 Å². The maximum Gasteiger partial charge on any atom is 0.315 e. The first-order valence-corrected chi connectivity index (χ1v) is 5.49. The average molecular weight is 247 g/mol. The standard InChI is InChI=1S/C13H13NO4/c1-8(13(16)17)12(15)14(2)10-7-18-11-6-4-3-5-9(10)11/h3-8H,1-2H3,(H,16,17). The second-order valence-electron chi connectivity index (χ2n) is 4.07. The zero-order chi connectivity index (χ0) is 13.3. The Morgan fingerprint density at radius 1 is 1.33 bits per heavy atom. The van der Waals surface area contributed by atoms with Crippen molar-refractivity contribution >= 4 is 28.5 Å². The molecule has 0 aliphatic heterocycles. The van der Waals surface area contributed by atoms with E-state index in [1.165, 1.54) is 18.1 Å². The van der Waals surface area contributed by atoms with Gasteiger partial charge in [-0.1, -0.05) is 12.1 Å². The van der Waals surface area contributed by atoms with Crippen molar-refractivity contribution in [3.05, 3.63) is 30.5 Å². The van der Waals surface area contributed by atoms with E-state index in [1.54, 1.807) is 13.1 Å². The number of carbonyl (C=O) groups excluding carboxylic acids is 1. The zero-order valence-corrected chi connectivity index (χ0v) is 10.1. The predicted molar refractivity (Wildman–Crippen MR) is 66.4 cm³/mol. The molecule has 5 heteroatoms. The molecule has 1 heterocycles. The molecule has 0 aliphatic rings. The molecule has 0 radical (unpaired) electrons. The molecule has 0 aliphatic carbocycles. The van der Waals surface area contributed by atoms with Crippen LogP contribution in [0.3, 0.4) is 0 Å². The lowest BCUT2D eigenvalue weighted by Gasteiger charge is -2.17. The van der Waals surface area contributed by atoms with Gasteiger partial charge in [-0.3, -0.25) is 9.59 Å². The zero-order valence-electron chi connectivity index (χ0n) is 10.1. The van der Waals surface area contributed by atoms with Crippen molar-refractivity contribution in [1.82, 2.24) is 0 Å². The van der Waals surface area contributed by atoms with Gasteiger partial charge in [-0.2, -0.15) is 0 Å². The summed E-state index contributed by atoms with van der Waals surface area (Å²) in [6.07, 6.45) is 1.46. The van der Waals surface area contributed by atoms with Crippen molar-refractivity contribution in [1.29, 1.82) is 0 Å². The number of carboxylic acids is 1. The Morgan fingerprint density at radius 2 is 2.00 bits per heavy atom. The molecule has 18 heavy (non-hydrogen) atoms. The molecule has 2 aromatic rings. The fourth-order valence-electron chi connectivity index (χ4n) is 1.74. The number of fused-ring (bicyclic) bond motifs is 1. The van der Waals surface area contributed by atoms with Gasteiger partial charge in [-0.25, -0.2) is 0 Å². The van der Waals surface area contributed by atoms with E-state index < -0.39 is 17.8 Å². The third-order valence-corrected chi connectivity index (χ3v) is 2.89. The molecule has 0 saturated carbocycles. The number of rotatable bonds is 3. The Morgan fingerprint density at radius 3 is 2.67 bits per heavy atom. The molecule has 2 rings (SSSR count). The van der Waals surface area contributed by atoms with Crippen molar-refractivity contribution in [3.63, 3.8) is 0 Å². The van der Waals surface area contributed by atoms with Crippen LogP contribution in [0.2, 0.25) is 0 Å². The van der Waals surface area contributed by atoms with Gasteiger partial charge in [0.25, 0.3) is 0 Å². The number of aliphatic carboxylic acids is 1. The molecule has 1 unspecified atom stereocenters. The largest absolute Gasteiger partial charge is 0.481 e. The van der Waals surface area contributed by atoms with E-state index in [0.717, 1.165) is 5.39 Å². The Hall–Kier alpha value is -2.30. The number of carbonyl (C=O) groups is 2. The molecule has 1 N–H and O–H groups in total. The number of hydrogen-bond acceptors (Lipinski definition) is 3. The molecule has 0 fully saturated rings. The Bertz CT molecular complexity index is 602. The molecule has 94 valence electrons. The van der Waals surface area contributed by atoms with Gasteiger partial charge in [0.1, 0.15) is 17.8 Å². The highest BCUT2D eigenvalue weighted by Crippen LogP contribution is 2.28.